The molecule has 0 radical (unpaired) electrons. The predicted molar refractivity (Wildman–Crippen MR) is 76.3 cm³/mol. The Labute approximate surface area is 118 Å². The third-order valence-corrected chi connectivity index (χ3v) is 3.76. The van der Waals surface area contributed by atoms with Gasteiger partial charge in [-0.2, -0.15) is 0 Å². The summed E-state index contributed by atoms with van der Waals surface area (Å²) in [4.78, 5) is 4.63. The molecule has 0 unspecified atom stereocenters. The molecule has 2 rings (SSSR count). The highest BCUT2D eigenvalue weighted by Crippen LogP contribution is 2.14. The summed E-state index contributed by atoms with van der Waals surface area (Å²) in [6.45, 7) is 7.78. The molecule has 0 aromatic heterocycles. The van der Waals surface area contributed by atoms with Crippen LogP contribution in [0.4, 0.5) is 4.39 Å². The van der Waals surface area contributed by atoms with E-state index in [-0.39, 0.29) is 11.7 Å². The highest BCUT2D eigenvalue weighted by Gasteiger charge is 2.17. The Morgan fingerprint density at radius 3 is 2.50 bits per heavy atom. The molecule has 0 amide bonds. The molecular formula is C14H21FN4O. The smallest absolute Gasteiger partial charge is 0.170 e. The summed E-state index contributed by atoms with van der Waals surface area (Å²) in [6.07, 6.45) is 0. The average molecular weight is 280 g/mol. The van der Waals surface area contributed by atoms with Crippen molar-refractivity contribution in [2.45, 2.75) is 13.5 Å². The van der Waals surface area contributed by atoms with Crippen LogP contribution >= 0.6 is 0 Å². The minimum atomic E-state index is -0.313. The molecule has 1 aromatic rings. The average Bonchev–Trinajstić information content (AvgIpc) is 2.49. The van der Waals surface area contributed by atoms with E-state index in [1.807, 2.05) is 0 Å². The van der Waals surface area contributed by atoms with Gasteiger partial charge in [-0.05, 0) is 12.6 Å². The van der Waals surface area contributed by atoms with Gasteiger partial charge in [-0.3, -0.25) is 4.90 Å². The monoisotopic (exact) mass is 280 g/mol. The first-order chi connectivity index (χ1) is 9.63. The zero-order valence-corrected chi connectivity index (χ0v) is 11.7. The van der Waals surface area contributed by atoms with Gasteiger partial charge in [0, 0.05) is 43.9 Å². The summed E-state index contributed by atoms with van der Waals surface area (Å²) < 4.78 is 14.0. The zero-order chi connectivity index (χ0) is 14.5. The quantitative estimate of drug-likeness (QED) is 0.374. The SMILES string of the molecule is CCN1CCN(Cc2ccc(/C(N)=N/O)cc2F)CC1. The Morgan fingerprint density at radius 2 is 1.95 bits per heavy atom. The maximum absolute atomic E-state index is 14.0. The van der Waals surface area contributed by atoms with E-state index in [4.69, 9.17) is 10.9 Å². The maximum Gasteiger partial charge on any atom is 0.170 e. The lowest BCUT2D eigenvalue weighted by atomic mass is 10.1. The molecule has 1 aromatic carbocycles. The number of oxime groups is 1. The summed E-state index contributed by atoms with van der Waals surface area (Å²) in [6, 6.07) is 4.69. The number of piperazine rings is 1. The number of nitrogens with zero attached hydrogens (tertiary/aromatic N) is 3. The van der Waals surface area contributed by atoms with Crippen LogP contribution in [0.15, 0.2) is 23.4 Å². The Kier molecular flexibility index (Phi) is 4.92. The van der Waals surface area contributed by atoms with Gasteiger partial charge in [-0.15, -0.1) is 0 Å². The molecular weight excluding hydrogens is 259 g/mol. The second-order valence-electron chi connectivity index (χ2n) is 5.00. The van der Waals surface area contributed by atoms with Crippen LogP contribution in [0.2, 0.25) is 0 Å². The summed E-state index contributed by atoms with van der Waals surface area (Å²) in [7, 11) is 0. The van der Waals surface area contributed by atoms with Gasteiger partial charge in [0.25, 0.3) is 0 Å². The van der Waals surface area contributed by atoms with E-state index in [1.165, 1.54) is 6.07 Å². The number of likely N-dealkylation sites (N-methyl/N-ethyl adjacent to an activating group) is 1. The number of hydrogen-bond acceptors (Lipinski definition) is 4. The zero-order valence-electron chi connectivity index (χ0n) is 11.7. The van der Waals surface area contributed by atoms with Crippen LogP contribution in [0.5, 0.6) is 0 Å². The first-order valence-corrected chi connectivity index (χ1v) is 6.85. The number of amidine groups is 1. The van der Waals surface area contributed by atoms with Crippen LogP contribution in [0.1, 0.15) is 18.1 Å². The van der Waals surface area contributed by atoms with Crippen molar-refractivity contribution in [3.8, 4) is 0 Å². The molecule has 0 atom stereocenters. The molecule has 0 saturated carbocycles. The normalized spacial score (nSPS) is 18.4. The van der Waals surface area contributed by atoms with Crippen molar-refractivity contribution in [1.82, 2.24) is 9.80 Å². The van der Waals surface area contributed by atoms with Gasteiger partial charge in [0.15, 0.2) is 5.84 Å². The van der Waals surface area contributed by atoms with E-state index < -0.39 is 0 Å². The van der Waals surface area contributed by atoms with E-state index >= 15 is 0 Å². The van der Waals surface area contributed by atoms with Crippen molar-refractivity contribution in [1.29, 1.82) is 0 Å². The van der Waals surface area contributed by atoms with Crippen LogP contribution in [0, 0.1) is 5.82 Å². The summed E-state index contributed by atoms with van der Waals surface area (Å²) >= 11 is 0. The Bertz CT molecular complexity index is 484. The standard InChI is InChI=1S/C14H21FN4O/c1-2-18-5-7-19(8-6-18)10-12-4-3-11(9-13(12)15)14(16)17-20/h3-4,9,20H,2,5-8,10H2,1H3,(H2,16,17). The van der Waals surface area contributed by atoms with Crippen molar-refractivity contribution < 1.29 is 9.60 Å². The van der Waals surface area contributed by atoms with Gasteiger partial charge in [-0.25, -0.2) is 4.39 Å². The van der Waals surface area contributed by atoms with Crippen LogP contribution in [-0.2, 0) is 6.54 Å². The van der Waals surface area contributed by atoms with E-state index in [1.54, 1.807) is 12.1 Å². The lowest BCUT2D eigenvalue weighted by molar-refractivity contribution is 0.131. The second-order valence-corrected chi connectivity index (χ2v) is 5.00. The third kappa shape index (κ3) is 3.46. The molecule has 1 aliphatic rings. The predicted octanol–water partition coefficient (Wildman–Crippen LogP) is 1.06. The Hall–Kier alpha value is -1.66. The first kappa shape index (κ1) is 14.7. The van der Waals surface area contributed by atoms with Gasteiger partial charge in [0.2, 0.25) is 0 Å². The Morgan fingerprint density at radius 1 is 1.30 bits per heavy atom. The number of benzene rings is 1. The molecule has 0 spiro atoms. The molecule has 6 heteroatoms. The van der Waals surface area contributed by atoms with Crippen molar-refractivity contribution in [3.63, 3.8) is 0 Å². The number of rotatable bonds is 4. The fourth-order valence-electron chi connectivity index (χ4n) is 2.40. The largest absolute Gasteiger partial charge is 0.409 e. The lowest BCUT2D eigenvalue weighted by Gasteiger charge is -2.34. The highest BCUT2D eigenvalue weighted by atomic mass is 19.1. The molecule has 5 nitrogen and oxygen atoms in total. The summed E-state index contributed by atoms with van der Waals surface area (Å²) in [5.41, 5.74) is 6.48. The lowest BCUT2D eigenvalue weighted by Crippen LogP contribution is -2.45. The molecule has 110 valence electrons. The third-order valence-electron chi connectivity index (χ3n) is 3.76. The van der Waals surface area contributed by atoms with Gasteiger partial charge in [-0.1, -0.05) is 24.2 Å². The molecule has 1 fully saturated rings. The van der Waals surface area contributed by atoms with E-state index in [0.717, 1.165) is 32.7 Å². The molecule has 20 heavy (non-hydrogen) atoms. The van der Waals surface area contributed by atoms with Crippen molar-refractivity contribution in [2.75, 3.05) is 32.7 Å². The van der Waals surface area contributed by atoms with Crippen LogP contribution in [0.3, 0.4) is 0 Å². The van der Waals surface area contributed by atoms with E-state index in [2.05, 4.69) is 21.9 Å². The van der Waals surface area contributed by atoms with Gasteiger partial charge < -0.3 is 15.8 Å². The number of hydrogen-bond donors (Lipinski definition) is 2. The fourth-order valence-corrected chi connectivity index (χ4v) is 2.40. The molecule has 1 aliphatic heterocycles. The van der Waals surface area contributed by atoms with Crippen molar-refractivity contribution >= 4 is 5.84 Å². The first-order valence-electron chi connectivity index (χ1n) is 6.85. The molecule has 1 saturated heterocycles. The van der Waals surface area contributed by atoms with Crippen molar-refractivity contribution in [2.24, 2.45) is 10.9 Å². The molecule has 0 bridgehead atoms. The molecule has 0 aliphatic carbocycles. The number of nitrogens with two attached hydrogens (primary N) is 1. The molecule has 1 heterocycles. The van der Waals surface area contributed by atoms with Gasteiger partial charge in [0.1, 0.15) is 5.82 Å². The summed E-state index contributed by atoms with van der Waals surface area (Å²) in [5, 5.41) is 11.5. The summed E-state index contributed by atoms with van der Waals surface area (Å²) in [5.74, 6) is -0.390. The van der Waals surface area contributed by atoms with Crippen LogP contribution < -0.4 is 5.73 Å². The van der Waals surface area contributed by atoms with Gasteiger partial charge >= 0.3 is 0 Å². The maximum atomic E-state index is 14.0. The number of halogens is 1. The van der Waals surface area contributed by atoms with Crippen LogP contribution in [0.25, 0.3) is 0 Å². The second kappa shape index (κ2) is 6.67. The van der Waals surface area contributed by atoms with Crippen molar-refractivity contribution in [3.05, 3.63) is 35.1 Å². The van der Waals surface area contributed by atoms with Crippen LogP contribution in [-0.4, -0.2) is 53.6 Å². The fraction of sp³-hybridized carbons (Fsp3) is 0.500. The van der Waals surface area contributed by atoms with E-state index in [9.17, 15) is 4.39 Å². The highest BCUT2D eigenvalue weighted by molar-refractivity contribution is 5.97. The molecule has 3 N–H and O–H groups in total. The van der Waals surface area contributed by atoms with Gasteiger partial charge in [0.05, 0.1) is 0 Å². The Balaban J connectivity index is 2.00. The topological polar surface area (TPSA) is 65.1 Å². The van der Waals surface area contributed by atoms with E-state index in [0.29, 0.717) is 17.7 Å². The minimum Gasteiger partial charge on any atom is -0.409 e. The minimum absolute atomic E-state index is 0.0768.